The maximum atomic E-state index is 13.0. The lowest BCUT2D eigenvalue weighted by atomic mass is 10.2. The summed E-state index contributed by atoms with van der Waals surface area (Å²) < 4.78 is 26.1. The van der Waals surface area contributed by atoms with Crippen LogP contribution in [0, 0.1) is 11.6 Å². The molecule has 6 heteroatoms. The zero-order chi connectivity index (χ0) is 14.0. The average Bonchev–Trinajstić information content (AvgIpc) is 2.25. The zero-order valence-electron chi connectivity index (χ0n) is 9.48. The highest BCUT2D eigenvalue weighted by molar-refractivity contribution is 6.41. The van der Waals surface area contributed by atoms with Gasteiger partial charge in [-0.2, -0.15) is 0 Å². The highest BCUT2D eigenvalue weighted by atomic mass is 35.5. The quantitative estimate of drug-likeness (QED) is 0.782. The van der Waals surface area contributed by atoms with E-state index in [2.05, 4.69) is 5.32 Å². The molecule has 0 spiro atoms. The first-order valence-electron chi connectivity index (χ1n) is 5.29. The van der Waals surface area contributed by atoms with E-state index < -0.39 is 11.6 Å². The Morgan fingerprint density at radius 2 is 1.37 bits per heavy atom. The lowest BCUT2D eigenvalue weighted by Crippen LogP contribution is -2.01. The molecule has 100 valence electrons. The van der Waals surface area contributed by atoms with E-state index in [4.69, 9.17) is 34.8 Å². The van der Waals surface area contributed by atoms with Gasteiger partial charge in [0.15, 0.2) is 0 Å². The van der Waals surface area contributed by atoms with Crippen LogP contribution < -0.4 is 5.32 Å². The topological polar surface area (TPSA) is 12.0 Å². The van der Waals surface area contributed by atoms with Gasteiger partial charge in [-0.25, -0.2) is 8.78 Å². The molecule has 0 amide bonds. The van der Waals surface area contributed by atoms with Gasteiger partial charge in [0, 0.05) is 17.6 Å². The molecule has 0 heterocycles. The molecule has 0 aromatic heterocycles. The van der Waals surface area contributed by atoms with Crippen molar-refractivity contribution < 1.29 is 8.78 Å². The van der Waals surface area contributed by atoms with Gasteiger partial charge in [-0.1, -0.05) is 34.8 Å². The van der Waals surface area contributed by atoms with Crippen molar-refractivity contribution in [2.24, 2.45) is 0 Å². The van der Waals surface area contributed by atoms with Crippen molar-refractivity contribution in [3.8, 4) is 0 Å². The second kappa shape index (κ2) is 5.95. The Labute approximate surface area is 124 Å². The molecular weight excluding hydrogens is 315 g/mol. The maximum Gasteiger partial charge on any atom is 0.126 e. The molecule has 0 saturated heterocycles. The largest absolute Gasteiger partial charge is 0.379 e. The predicted octanol–water partition coefficient (Wildman–Crippen LogP) is 5.54. The van der Waals surface area contributed by atoms with Gasteiger partial charge in [0.05, 0.1) is 15.7 Å². The summed E-state index contributed by atoms with van der Waals surface area (Å²) in [6.07, 6.45) is 0. The summed E-state index contributed by atoms with van der Waals surface area (Å²) in [7, 11) is 0. The van der Waals surface area contributed by atoms with Crippen molar-refractivity contribution in [1.82, 2.24) is 0 Å². The summed E-state index contributed by atoms with van der Waals surface area (Å²) in [5, 5.41) is 4.02. The van der Waals surface area contributed by atoms with Crippen molar-refractivity contribution in [2.45, 2.75) is 6.54 Å². The molecule has 2 rings (SSSR count). The van der Waals surface area contributed by atoms with Crippen molar-refractivity contribution in [3.05, 3.63) is 62.6 Å². The SMILES string of the molecule is Fc1cc(F)cc(CNc2c(Cl)cc(Cl)cc2Cl)c1. The summed E-state index contributed by atoms with van der Waals surface area (Å²) in [6.45, 7) is 0.190. The Bertz CT molecular complexity index is 574. The fourth-order valence-corrected chi connectivity index (χ4v) is 2.57. The highest BCUT2D eigenvalue weighted by Gasteiger charge is 2.08. The summed E-state index contributed by atoms with van der Waals surface area (Å²) >= 11 is 17.8. The van der Waals surface area contributed by atoms with Crippen LogP contribution in [0.2, 0.25) is 15.1 Å². The van der Waals surface area contributed by atoms with E-state index in [1.54, 1.807) is 0 Å². The fourth-order valence-electron chi connectivity index (χ4n) is 1.61. The molecule has 0 aliphatic carbocycles. The van der Waals surface area contributed by atoms with E-state index in [1.165, 1.54) is 24.3 Å². The molecule has 0 saturated carbocycles. The summed E-state index contributed by atoms with van der Waals surface area (Å²) in [5.74, 6) is -1.27. The standard InChI is InChI=1S/C13H8Cl3F2N/c14-8-3-11(15)13(12(16)4-8)19-6-7-1-9(17)5-10(18)2-7/h1-5,19H,6H2. The Kier molecular flexibility index (Phi) is 4.50. The molecule has 0 atom stereocenters. The summed E-state index contributed by atoms with van der Waals surface area (Å²) in [4.78, 5) is 0. The molecule has 1 nitrogen and oxygen atoms in total. The lowest BCUT2D eigenvalue weighted by molar-refractivity contribution is 0.580. The van der Waals surface area contributed by atoms with Crippen molar-refractivity contribution in [2.75, 3.05) is 5.32 Å². The number of halogens is 5. The third-order valence-electron chi connectivity index (χ3n) is 2.40. The van der Waals surface area contributed by atoms with Crippen LogP contribution in [0.4, 0.5) is 14.5 Å². The minimum Gasteiger partial charge on any atom is -0.379 e. The van der Waals surface area contributed by atoms with Crippen molar-refractivity contribution in [1.29, 1.82) is 0 Å². The van der Waals surface area contributed by atoms with Crippen LogP contribution in [-0.4, -0.2) is 0 Å². The van der Waals surface area contributed by atoms with Crippen molar-refractivity contribution in [3.63, 3.8) is 0 Å². The smallest absolute Gasteiger partial charge is 0.126 e. The van der Waals surface area contributed by atoms with Crippen LogP contribution in [0.15, 0.2) is 30.3 Å². The Balaban J connectivity index is 2.19. The van der Waals surface area contributed by atoms with Gasteiger partial charge >= 0.3 is 0 Å². The fraction of sp³-hybridized carbons (Fsp3) is 0.0769. The van der Waals surface area contributed by atoms with Gasteiger partial charge in [-0.15, -0.1) is 0 Å². The van der Waals surface area contributed by atoms with Crippen LogP contribution in [0.25, 0.3) is 0 Å². The summed E-state index contributed by atoms with van der Waals surface area (Å²) in [5.41, 5.74) is 0.914. The minimum atomic E-state index is -0.634. The Hall–Kier alpha value is -1.03. The maximum absolute atomic E-state index is 13.0. The van der Waals surface area contributed by atoms with Gasteiger partial charge in [0.2, 0.25) is 0 Å². The van der Waals surface area contributed by atoms with E-state index in [9.17, 15) is 8.78 Å². The zero-order valence-corrected chi connectivity index (χ0v) is 11.8. The van der Waals surface area contributed by atoms with Gasteiger partial charge in [0.25, 0.3) is 0 Å². The number of rotatable bonds is 3. The second-order valence-corrected chi connectivity index (χ2v) is 5.13. The van der Waals surface area contributed by atoms with E-state index in [0.29, 0.717) is 26.3 Å². The molecule has 0 fully saturated rings. The van der Waals surface area contributed by atoms with Gasteiger partial charge in [-0.05, 0) is 29.8 Å². The molecule has 19 heavy (non-hydrogen) atoms. The molecular formula is C13H8Cl3F2N. The normalized spacial score (nSPS) is 10.6. The van der Waals surface area contributed by atoms with Crippen molar-refractivity contribution >= 4 is 40.5 Å². The monoisotopic (exact) mass is 321 g/mol. The molecule has 2 aromatic rings. The first kappa shape index (κ1) is 14.4. The number of benzene rings is 2. The van der Waals surface area contributed by atoms with Gasteiger partial charge < -0.3 is 5.32 Å². The average molecular weight is 323 g/mol. The molecule has 1 N–H and O–H groups in total. The van der Waals surface area contributed by atoms with Gasteiger partial charge in [-0.3, -0.25) is 0 Å². The molecule has 2 aromatic carbocycles. The molecule has 0 aliphatic heterocycles. The second-order valence-electron chi connectivity index (χ2n) is 3.88. The van der Waals surface area contributed by atoms with Gasteiger partial charge in [0.1, 0.15) is 11.6 Å². The molecule has 0 bridgehead atoms. The molecule has 0 aliphatic rings. The minimum absolute atomic E-state index is 0.190. The number of nitrogens with one attached hydrogen (secondary N) is 1. The summed E-state index contributed by atoms with van der Waals surface area (Å²) in [6, 6.07) is 6.33. The third-order valence-corrected chi connectivity index (χ3v) is 3.21. The first-order chi connectivity index (χ1) is 8.95. The van der Waals surface area contributed by atoms with Crippen LogP contribution in [-0.2, 0) is 6.54 Å². The molecule has 0 unspecified atom stereocenters. The van der Waals surface area contributed by atoms with Crippen LogP contribution in [0.3, 0.4) is 0 Å². The number of anilines is 1. The van der Waals surface area contributed by atoms with Crippen LogP contribution in [0.1, 0.15) is 5.56 Å². The van der Waals surface area contributed by atoms with E-state index in [1.807, 2.05) is 0 Å². The van der Waals surface area contributed by atoms with E-state index in [-0.39, 0.29) is 6.54 Å². The Morgan fingerprint density at radius 3 is 1.89 bits per heavy atom. The Morgan fingerprint density at radius 1 is 0.842 bits per heavy atom. The first-order valence-corrected chi connectivity index (χ1v) is 6.42. The molecule has 0 radical (unpaired) electrons. The van der Waals surface area contributed by atoms with Crippen LogP contribution >= 0.6 is 34.8 Å². The van der Waals surface area contributed by atoms with E-state index in [0.717, 1.165) is 6.07 Å². The predicted molar refractivity (Wildman–Crippen MR) is 75.2 cm³/mol. The van der Waals surface area contributed by atoms with Crippen LogP contribution in [0.5, 0.6) is 0 Å². The highest BCUT2D eigenvalue weighted by Crippen LogP contribution is 2.33. The number of hydrogen-bond donors (Lipinski definition) is 1. The van der Waals surface area contributed by atoms with E-state index >= 15 is 0 Å². The lowest BCUT2D eigenvalue weighted by Gasteiger charge is -2.11. The number of hydrogen-bond acceptors (Lipinski definition) is 1. The third kappa shape index (κ3) is 3.72.